The van der Waals surface area contributed by atoms with Gasteiger partial charge in [0.25, 0.3) is 0 Å². The number of thiophene rings is 1. The highest BCUT2D eigenvalue weighted by molar-refractivity contribution is 7.50. The quantitative estimate of drug-likeness (QED) is 0.829. The molecule has 1 atom stereocenters. The van der Waals surface area contributed by atoms with Crippen molar-refractivity contribution in [1.29, 1.82) is 0 Å². The van der Waals surface area contributed by atoms with Crippen molar-refractivity contribution < 1.29 is 19.1 Å². The summed E-state index contributed by atoms with van der Waals surface area (Å²) in [6.07, 6.45) is 1.39. The van der Waals surface area contributed by atoms with Gasteiger partial charge in [0, 0.05) is 5.56 Å². The second-order valence-corrected chi connectivity index (χ2v) is 4.82. The predicted molar refractivity (Wildman–Crippen MR) is 58.7 cm³/mol. The van der Waals surface area contributed by atoms with E-state index in [9.17, 15) is 9.59 Å². The van der Waals surface area contributed by atoms with Crippen molar-refractivity contribution in [3.63, 3.8) is 0 Å². The highest BCUT2D eigenvalue weighted by atomic mass is 32.2. The molecule has 2 rings (SSSR count). The molecule has 2 aromatic heterocycles. The van der Waals surface area contributed by atoms with Crippen molar-refractivity contribution in [2.45, 2.75) is 6.42 Å². The highest BCUT2D eigenvalue weighted by Gasteiger charge is 2.23. The fourth-order valence-electron chi connectivity index (χ4n) is 1.30. The van der Waals surface area contributed by atoms with E-state index in [0.717, 1.165) is 0 Å². The van der Waals surface area contributed by atoms with Crippen LogP contribution < -0.4 is 0 Å². The molecule has 0 aliphatic heterocycles. The summed E-state index contributed by atoms with van der Waals surface area (Å²) in [5, 5.41) is 11.9. The van der Waals surface area contributed by atoms with Crippen LogP contribution in [0.4, 0.5) is 0 Å². The van der Waals surface area contributed by atoms with Crippen molar-refractivity contribution >= 4 is 21.6 Å². The molecule has 0 radical (unpaired) electrons. The fourth-order valence-corrected chi connectivity index (χ4v) is 2.77. The van der Waals surface area contributed by atoms with E-state index in [2.05, 4.69) is 0 Å². The van der Waals surface area contributed by atoms with Crippen LogP contribution in [0.1, 0.15) is 16.1 Å². The molecule has 0 aromatic carbocycles. The van der Waals surface area contributed by atoms with E-state index in [0.29, 0.717) is 11.3 Å². The number of carbonyl (C=O) groups excluding carboxylic acids is 1. The topological polar surface area (TPSA) is 67.5 Å². The summed E-state index contributed by atoms with van der Waals surface area (Å²) in [4.78, 5) is 22.3. The number of hydrogen-bond acceptors (Lipinski definition) is 3. The van der Waals surface area contributed by atoms with E-state index >= 15 is 0 Å². The van der Waals surface area contributed by atoms with E-state index < -0.39 is 16.4 Å². The first-order chi connectivity index (χ1) is 7.66. The highest BCUT2D eigenvalue weighted by Crippen LogP contribution is 2.25. The molecule has 82 valence electrons. The summed E-state index contributed by atoms with van der Waals surface area (Å²) < 4.78 is 5.00. The van der Waals surface area contributed by atoms with E-state index in [1.54, 1.807) is 29.0 Å². The van der Waals surface area contributed by atoms with Gasteiger partial charge >= 0.3 is 11.1 Å². The molecule has 2 heterocycles. The molecule has 0 bridgehead atoms. The van der Waals surface area contributed by atoms with Crippen LogP contribution in [0.25, 0.3) is 0 Å². The Labute approximate surface area is 94.1 Å². The van der Waals surface area contributed by atoms with Crippen molar-refractivity contribution in [1.82, 2.24) is 0 Å². The maximum atomic E-state index is 11.8. The number of carboxylic acid groups (broad SMARTS) is 1. The van der Waals surface area contributed by atoms with Crippen molar-refractivity contribution in [2.24, 2.45) is 0 Å². The minimum atomic E-state index is -0.896. The molecule has 2 aromatic rings. The zero-order valence-corrected chi connectivity index (χ0v) is 9.07. The molecular weight excluding hydrogens is 228 g/mol. The molecule has 0 aliphatic rings. The first-order valence-electron chi connectivity index (χ1n) is 4.57. The van der Waals surface area contributed by atoms with Crippen LogP contribution >= 0.6 is 10.5 Å². The van der Waals surface area contributed by atoms with Crippen LogP contribution in [0.3, 0.4) is 0 Å². The maximum Gasteiger partial charge on any atom is 0.421 e. The molecule has 0 saturated heterocycles. The minimum absolute atomic E-state index is 0.0502. The second-order valence-electron chi connectivity index (χ2n) is 3.20. The zero-order valence-electron chi connectivity index (χ0n) is 8.25. The number of aliphatic carboxylic acids is 1. The van der Waals surface area contributed by atoms with Gasteiger partial charge in [-0.05, 0) is 18.2 Å². The van der Waals surface area contributed by atoms with E-state index in [1.807, 2.05) is 0 Å². The molecule has 0 spiro atoms. The average Bonchev–Trinajstić information content (AvgIpc) is 2.84. The van der Waals surface area contributed by atoms with Gasteiger partial charge in [-0.3, -0.25) is 4.79 Å². The Morgan fingerprint density at radius 2 is 2.19 bits per heavy atom. The SMILES string of the molecule is O=C(O)Cc1cc[s+](C(=O)c2ccco2)c1. The van der Waals surface area contributed by atoms with Crippen LogP contribution in [0.15, 0.2) is 39.6 Å². The van der Waals surface area contributed by atoms with Crippen LogP contribution in [0, 0.1) is 0 Å². The molecule has 5 heteroatoms. The zero-order chi connectivity index (χ0) is 11.5. The van der Waals surface area contributed by atoms with E-state index in [-0.39, 0.29) is 11.5 Å². The lowest BCUT2D eigenvalue weighted by molar-refractivity contribution is -0.136. The minimum Gasteiger partial charge on any atom is -0.481 e. The Balaban J connectivity index is 2.19. The average molecular weight is 237 g/mol. The fraction of sp³-hybridized carbons (Fsp3) is 0.0909. The lowest BCUT2D eigenvalue weighted by atomic mass is 10.2. The maximum absolute atomic E-state index is 11.8. The smallest absolute Gasteiger partial charge is 0.421 e. The largest absolute Gasteiger partial charge is 0.481 e. The summed E-state index contributed by atoms with van der Waals surface area (Å²) in [7, 11) is -0.686. The standard InChI is InChI=1S/C11H8O4S/c12-10(13)6-8-3-5-16(7-8)11(14)9-2-1-4-15-9/h1-5,7H,6H2/p+1. The van der Waals surface area contributed by atoms with Crippen LogP contribution in [0.5, 0.6) is 0 Å². The summed E-state index contributed by atoms with van der Waals surface area (Å²) in [5.74, 6) is -0.590. The molecule has 0 aliphatic carbocycles. The van der Waals surface area contributed by atoms with E-state index in [4.69, 9.17) is 9.52 Å². The monoisotopic (exact) mass is 237 g/mol. The third kappa shape index (κ3) is 2.20. The molecule has 1 N–H and O–H groups in total. The lowest BCUT2D eigenvalue weighted by Crippen LogP contribution is -1.98. The Kier molecular flexibility index (Phi) is 2.87. The molecule has 1 unspecified atom stereocenters. The van der Waals surface area contributed by atoms with Gasteiger partial charge in [-0.2, -0.15) is 0 Å². The van der Waals surface area contributed by atoms with Gasteiger partial charge in [0.1, 0.15) is 5.38 Å². The van der Waals surface area contributed by atoms with Gasteiger partial charge in [-0.1, -0.05) is 0 Å². The van der Waals surface area contributed by atoms with Crippen molar-refractivity contribution in [2.75, 3.05) is 0 Å². The number of carboxylic acids is 1. The Morgan fingerprint density at radius 3 is 2.81 bits per heavy atom. The number of hydrogen-bond donors (Lipinski definition) is 1. The van der Waals surface area contributed by atoms with Gasteiger partial charge in [-0.25, -0.2) is 4.79 Å². The molecule has 4 nitrogen and oxygen atoms in total. The van der Waals surface area contributed by atoms with Crippen LogP contribution in [-0.4, -0.2) is 16.2 Å². The Morgan fingerprint density at radius 1 is 1.38 bits per heavy atom. The normalized spacial score (nSPS) is 11.4. The third-order valence-corrected chi connectivity index (χ3v) is 3.61. The lowest BCUT2D eigenvalue weighted by Gasteiger charge is -1.85. The number of furan rings is 1. The van der Waals surface area contributed by atoms with E-state index in [1.165, 1.54) is 6.26 Å². The number of carbonyl (C=O) groups is 2. The molecule has 0 fully saturated rings. The summed E-state index contributed by atoms with van der Waals surface area (Å²) >= 11 is 0. The van der Waals surface area contributed by atoms with Gasteiger partial charge < -0.3 is 9.52 Å². The summed E-state index contributed by atoms with van der Waals surface area (Å²) in [6.45, 7) is 0. The van der Waals surface area contributed by atoms with Gasteiger partial charge in [0.05, 0.1) is 23.2 Å². The molecule has 16 heavy (non-hydrogen) atoms. The molecular formula is C11H9O4S+. The first kappa shape index (κ1) is 10.6. The number of rotatable bonds is 4. The summed E-state index contributed by atoms with van der Waals surface area (Å²) in [5.41, 5.74) is 0.663. The summed E-state index contributed by atoms with van der Waals surface area (Å²) in [6, 6.07) is 4.93. The van der Waals surface area contributed by atoms with Crippen LogP contribution in [0.2, 0.25) is 0 Å². The second kappa shape index (κ2) is 4.32. The van der Waals surface area contributed by atoms with Crippen molar-refractivity contribution in [3.05, 3.63) is 46.5 Å². The Hall–Kier alpha value is -1.88. The third-order valence-electron chi connectivity index (χ3n) is 2.00. The molecule has 0 saturated carbocycles. The van der Waals surface area contributed by atoms with Gasteiger partial charge in [-0.15, -0.1) is 0 Å². The first-order valence-corrected chi connectivity index (χ1v) is 5.92. The van der Waals surface area contributed by atoms with Crippen molar-refractivity contribution in [3.8, 4) is 0 Å². The van der Waals surface area contributed by atoms with Crippen LogP contribution in [-0.2, 0) is 11.2 Å². The van der Waals surface area contributed by atoms with Gasteiger partial charge in [0.2, 0.25) is 5.76 Å². The molecule has 0 amide bonds. The van der Waals surface area contributed by atoms with Gasteiger partial charge in [0.15, 0.2) is 5.38 Å². The predicted octanol–water partition coefficient (Wildman–Crippen LogP) is 2.34. The Bertz CT molecular complexity index is 510.